The van der Waals surface area contributed by atoms with E-state index in [0.29, 0.717) is 30.2 Å². The van der Waals surface area contributed by atoms with E-state index in [-0.39, 0.29) is 16.3 Å². The zero-order chi connectivity index (χ0) is 20.1. The molecule has 0 aliphatic heterocycles. The van der Waals surface area contributed by atoms with Crippen LogP contribution in [0.15, 0.2) is 39.9 Å². The topological polar surface area (TPSA) is 97.2 Å². The normalized spacial score (nSPS) is 10.9. The standard InChI is InChI=1S/C20H23N3O4S/c1-3-4-17-21-13(2)11-18(24)23(17)9-10-27-15-7-5-14(6-8-15)12-16-19(25)22-20(26)28-16/h5-8,11,25H,3-4,9-10,12H2,1-2H3,(H,22,26). The number of nitrogens with zero attached hydrogens (tertiary/aromatic N) is 2. The summed E-state index contributed by atoms with van der Waals surface area (Å²) in [6.07, 6.45) is 2.15. The fraction of sp³-hybridized carbons (Fsp3) is 0.350. The van der Waals surface area contributed by atoms with Crippen molar-refractivity contribution in [1.82, 2.24) is 14.5 Å². The van der Waals surface area contributed by atoms with Crippen molar-refractivity contribution >= 4 is 11.3 Å². The van der Waals surface area contributed by atoms with E-state index >= 15 is 0 Å². The predicted octanol–water partition coefficient (Wildman–Crippen LogP) is 2.63. The molecule has 2 N–H and O–H groups in total. The average Bonchev–Trinajstić information content (AvgIpc) is 2.96. The van der Waals surface area contributed by atoms with Crippen LogP contribution in [-0.2, 0) is 19.4 Å². The summed E-state index contributed by atoms with van der Waals surface area (Å²) < 4.78 is 7.44. The number of hydrogen-bond acceptors (Lipinski definition) is 6. The molecule has 0 aliphatic carbocycles. The molecule has 0 saturated heterocycles. The minimum Gasteiger partial charge on any atom is -0.494 e. The molecule has 0 spiro atoms. The first-order chi connectivity index (χ1) is 13.5. The second-order valence-electron chi connectivity index (χ2n) is 6.51. The van der Waals surface area contributed by atoms with E-state index in [4.69, 9.17) is 4.74 Å². The van der Waals surface area contributed by atoms with E-state index in [1.54, 1.807) is 10.6 Å². The van der Waals surface area contributed by atoms with Crippen molar-refractivity contribution in [3.8, 4) is 11.6 Å². The van der Waals surface area contributed by atoms with Crippen LogP contribution in [0.3, 0.4) is 0 Å². The van der Waals surface area contributed by atoms with Crippen molar-refractivity contribution < 1.29 is 9.84 Å². The van der Waals surface area contributed by atoms with Crippen LogP contribution >= 0.6 is 11.3 Å². The Kier molecular flexibility index (Phi) is 6.30. The van der Waals surface area contributed by atoms with E-state index < -0.39 is 0 Å². The van der Waals surface area contributed by atoms with Gasteiger partial charge in [-0.25, -0.2) is 4.98 Å². The maximum absolute atomic E-state index is 12.2. The molecule has 0 bridgehead atoms. The van der Waals surface area contributed by atoms with Gasteiger partial charge >= 0.3 is 4.87 Å². The van der Waals surface area contributed by atoms with Gasteiger partial charge in [0.1, 0.15) is 18.2 Å². The number of rotatable bonds is 8. The first kappa shape index (κ1) is 19.9. The Hall–Kier alpha value is -2.87. The maximum Gasteiger partial charge on any atom is 0.307 e. The summed E-state index contributed by atoms with van der Waals surface area (Å²) in [5.41, 5.74) is 1.64. The SMILES string of the molecule is CCCc1nc(C)cc(=O)n1CCOc1ccc(Cc2sc(=O)[nH]c2O)cc1. The molecule has 28 heavy (non-hydrogen) atoms. The van der Waals surface area contributed by atoms with Gasteiger partial charge in [0.25, 0.3) is 5.56 Å². The smallest absolute Gasteiger partial charge is 0.307 e. The lowest BCUT2D eigenvalue weighted by molar-refractivity contribution is 0.293. The van der Waals surface area contributed by atoms with Gasteiger partial charge in [-0.1, -0.05) is 30.4 Å². The van der Waals surface area contributed by atoms with Gasteiger partial charge in [-0.15, -0.1) is 0 Å². The monoisotopic (exact) mass is 401 g/mol. The molecule has 0 unspecified atom stereocenters. The van der Waals surface area contributed by atoms with Crippen LogP contribution in [0, 0.1) is 6.92 Å². The Bertz CT molecular complexity index is 1050. The van der Waals surface area contributed by atoms with Gasteiger partial charge < -0.3 is 9.84 Å². The number of ether oxygens (including phenoxy) is 1. The summed E-state index contributed by atoms with van der Waals surface area (Å²) in [5, 5.41) is 9.67. The van der Waals surface area contributed by atoms with Crippen LogP contribution in [0.25, 0.3) is 0 Å². The lowest BCUT2D eigenvalue weighted by atomic mass is 10.1. The largest absolute Gasteiger partial charge is 0.494 e. The molecule has 1 aromatic carbocycles. The Balaban J connectivity index is 1.61. The molecule has 7 nitrogen and oxygen atoms in total. The van der Waals surface area contributed by atoms with E-state index in [1.807, 2.05) is 31.2 Å². The molecule has 0 fully saturated rings. The highest BCUT2D eigenvalue weighted by molar-refractivity contribution is 7.09. The fourth-order valence-corrected chi connectivity index (χ4v) is 3.71. The van der Waals surface area contributed by atoms with Gasteiger partial charge in [0, 0.05) is 24.6 Å². The molecule has 0 atom stereocenters. The Morgan fingerprint density at radius 1 is 1.25 bits per heavy atom. The predicted molar refractivity (Wildman–Crippen MR) is 109 cm³/mol. The van der Waals surface area contributed by atoms with Crippen LogP contribution < -0.4 is 15.2 Å². The molecule has 3 aromatic rings. The van der Waals surface area contributed by atoms with Crippen molar-refractivity contribution in [3.05, 3.63) is 72.3 Å². The molecule has 3 rings (SSSR count). The molecular formula is C20H23N3O4S. The Morgan fingerprint density at radius 3 is 2.64 bits per heavy atom. The van der Waals surface area contributed by atoms with E-state index in [0.717, 1.165) is 41.3 Å². The first-order valence-electron chi connectivity index (χ1n) is 9.16. The molecule has 2 heterocycles. The number of aromatic hydroxyl groups is 1. The van der Waals surface area contributed by atoms with Gasteiger partial charge in [-0.05, 0) is 31.0 Å². The third kappa shape index (κ3) is 4.89. The molecule has 148 valence electrons. The molecule has 0 saturated carbocycles. The highest BCUT2D eigenvalue weighted by Gasteiger charge is 2.09. The summed E-state index contributed by atoms with van der Waals surface area (Å²) in [6.45, 7) is 4.69. The van der Waals surface area contributed by atoms with Gasteiger partial charge in [0.05, 0.1) is 11.4 Å². The van der Waals surface area contributed by atoms with Crippen molar-refractivity contribution in [2.45, 2.75) is 39.7 Å². The summed E-state index contributed by atoms with van der Waals surface area (Å²) in [6, 6.07) is 9.00. The number of nitrogens with one attached hydrogen (secondary N) is 1. The van der Waals surface area contributed by atoms with Crippen LogP contribution in [0.5, 0.6) is 11.6 Å². The van der Waals surface area contributed by atoms with Gasteiger partial charge in [0.2, 0.25) is 5.88 Å². The number of aromatic nitrogens is 3. The number of H-pyrrole nitrogens is 1. The second kappa shape index (κ2) is 8.88. The van der Waals surface area contributed by atoms with Gasteiger partial charge in [0.15, 0.2) is 0 Å². The second-order valence-corrected chi connectivity index (χ2v) is 7.58. The number of aryl methyl sites for hydroxylation is 2. The Morgan fingerprint density at radius 2 is 2.00 bits per heavy atom. The molecule has 8 heteroatoms. The van der Waals surface area contributed by atoms with Gasteiger partial charge in [-0.2, -0.15) is 0 Å². The molecule has 2 aromatic heterocycles. The van der Waals surface area contributed by atoms with Crippen molar-refractivity contribution in [2.24, 2.45) is 0 Å². The average molecular weight is 401 g/mol. The molecule has 0 radical (unpaired) electrons. The van der Waals surface area contributed by atoms with Crippen LogP contribution in [0.2, 0.25) is 0 Å². The van der Waals surface area contributed by atoms with E-state index in [1.165, 1.54) is 0 Å². The Labute approximate surface area is 166 Å². The van der Waals surface area contributed by atoms with Crippen LogP contribution in [-0.4, -0.2) is 26.2 Å². The quantitative estimate of drug-likeness (QED) is 0.605. The summed E-state index contributed by atoms with van der Waals surface area (Å²) in [5.74, 6) is 1.41. The molecule has 0 amide bonds. The minimum atomic E-state index is -0.268. The zero-order valence-corrected chi connectivity index (χ0v) is 16.7. The van der Waals surface area contributed by atoms with Crippen molar-refractivity contribution in [1.29, 1.82) is 0 Å². The third-order valence-electron chi connectivity index (χ3n) is 4.26. The van der Waals surface area contributed by atoms with E-state index in [9.17, 15) is 14.7 Å². The maximum atomic E-state index is 12.2. The summed E-state index contributed by atoms with van der Waals surface area (Å²) >= 11 is 1.00. The van der Waals surface area contributed by atoms with Gasteiger partial charge in [-0.3, -0.25) is 19.1 Å². The van der Waals surface area contributed by atoms with Crippen LogP contribution in [0.4, 0.5) is 0 Å². The van der Waals surface area contributed by atoms with Crippen LogP contribution in [0.1, 0.15) is 35.3 Å². The highest BCUT2D eigenvalue weighted by Crippen LogP contribution is 2.21. The number of aromatic amines is 1. The molecular weight excluding hydrogens is 378 g/mol. The minimum absolute atomic E-state index is 0.0554. The zero-order valence-electron chi connectivity index (χ0n) is 15.9. The van der Waals surface area contributed by atoms with Crippen molar-refractivity contribution in [2.75, 3.05) is 6.61 Å². The fourth-order valence-electron chi connectivity index (χ4n) is 2.95. The summed E-state index contributed by atoms with van der Waals surface area (Å²) in [7, 11) is 0. The van der Waals surface area contributed by atoms with E-state index in [2.05, 4.69) is 16.9 Å². The number of benzene rings is 1. The lowest BCUT2D eigenvalue weighted by Gasteiger charge is -2.13. The molecule has 0 aliphatic rings. The lowest BCUT2D eigenvalue weighted by Crippen LogP contribution is -2.27. The summed E-state index contributed by atoms with van der Waals surface area (Å²) in [4.78, 5) is 30.7. The highest BCUT2D eigenvalue weighted by atomic mass is 32.1. The third-order valence-corrected chi connectivity index (χ3v) is 5.13. The first-order valence-corrected chi connectivity index (χ1v) is 9.98. The number of thiazole rings is 1. The van der Waals surface area contributed by atoms with Crippen molar-refractivity contribution in [3.63, 3.8) is 0 Å². The number of hydrogen-bond donors (Lipinski definition) is 2.